The third kappa shape index (κ3) is 1.29. The van der Waals surface area contributed by atoms with Gasteiger partial charge in [-0.2, -0.15) is 0 Å². The second-order valence-corrected chi connectivity index (χ2v) is 3.23. The second kappa shape index (κ2) is 2.23. The van der Waals surface area contributed by atoms with E-state index in [-0.39, 0.29) is 18.1 Å². The van der Waals surface area contributed by atoms with Crippen molar-refractivity contribution < 1.29 is 9.53 Å². The predicted molar refractivity (Wildman–Crippen MR) is 37.7 cm³/mol. The average Bonchev–Trinajstić information content (AvgIpc) is 2.41. The molecule has 1 aliphatic rings. The molecule has 3 heteroatoms. The zero-order valence-corrected chi connectivity index (χ0v) is 6.68. The zero-order valence-electron chi connectivity index (χ0n) is 6.68. The topological polar surface area (TPSA) is 29.3 Å². The van der Waals surface area contributed by atoms with Crippen LogP contribution in [0, 0.1) is 0 Å². The van der Waals surface area contributed by atoms with Gasteiger partial charge in [-0.3, -0.25) is 4.79 Å². The van der Waals surface area contributed by atoms with Crippen LogP contribution in [0.1, 0.15) is 13.8 Å². The highest BCUT2D eigenvalue weighted by Gasteiger charge is 2.46. The molecule has 0 atom stereocenters. The van der Waals surface area contributed by atoms with Crippen LogP contribution in [0.25, 0.3) is 0 Å². The molecule has 0 N–H and O–H groups in total. The molecule has 0 spiro atoms. The van der Waals surface area contributed by atoms with Crippen LogP contribution < -0.4 is 0 Å². The van der Waals surface area contributed by atoms with Crippen LogP contribution in [-0.2, 0) is 9.53 Å². The zero-order chi connectivity index (χ0) is 7.78. The summed E-state index contributed by atoms with van der Waals surface area (Å²) in [6, 6.07) is 0. The number of methoxy groups -OCH3 is 1. The summed E-state index contributed by atoms with van der Waals surface area (Å²) in [5, 5.41) is 0. The number of carbonyl (C=O) groups is 1. The fourth-order valence-corrected chi connectivity index (χ4v) is 0.979. The highest BCUT2D eigenvalue weighted by molar-refractivity contribution is 5.81. The summed E-state index contributed by atoms with van der Waals surface area (Å²) < 4.78 is 4.71. The minimum absolute atomic E-state index is 0.0903. The number of ether oxygens (including phenoxy) is 1. The first-order valence-corrected chi connectivity index (χ1v) is 3.37. The van der Waals surface area contributed by atoms with Crippen molar-refractivity contribution >= 4 is 5.91 Å². The lowest BCUT2D eigenvalue weighted by Gasteiger charge is -2.04. The summed E-state index contributed by atoms with van der Waals surface area (Å²) in [5.41, 5.74) is 0.0929. The van der Waals surface area contributed by atoms with Gasteiger partial charge in [0.05, 0.1) is 5.54 Å². The SMILES string of the molecule is COCC(=O)N1CC1(C)C. The molecule has 0 unspecified atom stereocenters. The van der Waals surface area contributed by atoms with E-state index in [1.165, 1.54) is 7.11 Å². The standard InChI is InChI=1S/C7H13NO2/c1-7(2)5-8(7)6(9)4-10-3/h4-5H2,1-3H3. The number of hydrogen-bond donors (Lipinski definition) is 0. The van der Waals surface area contributed by atoms with E-state index in [2.05, 4.69) is 0 Å². The Morgan fingerprint density at radius 2 is 2.20 bits per heavy atom. The van der Waals surface area contributed by atoms with E-state index >= 15 is 0 Å². The summed E-state index contributed by atoms with van der Waals surface area (Å²) in [7, 11) is 1.54. The molecule has 0 aromatic carbocycles. The molecule has 0 radical (unpaired) electrons. The minimum atomic E-state index is 0.0903. The van der Waals surface area contributed by atoms with Gasteiger partial charge in [-0.25, -0.2) is 0 Å². The maximum absolute atomic E-state index is 11.0. The molecule has 0 saturated carbocycles. The minimum Gasteiger partial charge on any atom is -0.375 e. The molecule has 0 bridgehead atoms. The van der Waals surface area contributed by atoms with E-state index in [1.807, 2.05) is 13.8 Å². The molecule has 10 heavy (non-hydrogen) atoms. The second-order valence-electron chi connectivity index (χ2n) is 3.23. The van der Waals surface area contributed by atoms with Gasteiger partial charge < -0.3 is 9.64 Å². The van der Waals surface area contributed by atoms with E-state index < -0.39 is 0 Å². The summed E-state index contributed by atoms with van der Waals surface area (Å²) >= 11 is 0. The Morgan fingerprint density at radius 3 is 2.50 bits per heavy atom. The highest BCUT2D eigenvalue weighted by Crippen LogP contribution is 2.30. The van der Waals surface area contributed by atoms with Crippen molar-refractivity contribution in [1.82, 2.24) is 4.90 Å². The van der Waals surface area contributed by atoms with Crippen LogP contribution in [-0.4, -0.2) is 36.6 Å². The molecular weight excluding hydrogens is 130 g/mol. The number of amides is 1. The maximum atomic E-state index is 11.0. The first-order valence-electron chi connectivity index (χ1n) is 3.37. The molecule has 1 fully saturated rings. The van der Waals surface area contributed by atoms with E-state index in [4.69, 9.17) is 4.74 Å². The van der Waals surface area contributed by atoms with Crippen molar-refractivity contribution in [2.75, 3.05) is 20.3 Å². The molecule has 1 amide bonds. The van der Waals surface area contributed by atoms with Crippen molar-refractivity contribution in [3.05, 3.63) is 0 Å². The van der Waals surface area contributed by atoms with Crippen LogP contribution >= 0.6 is 0 Å². The Balaban J connectivity index is 2.33. The number of nitrogens with zero attached hydrogens (tertiary/aromatic N) is 1. The third-order valence-corrected chi connectivity index (χ3v) is 1.74. The molecular formula is C7H13NO2. The van der Waals surface area contributed by atoms with Crippen molar-refractivity contribution in [2.45, 2.75) is 19.4 Å². The van der Waals surface area contributed by atoms with Gasteiger partial charge in [0.1, 0.15) is 6.61 Å². The molecule has 3 nitrogen and oxygen atoms in total. The Kier molecular flexibility index (Phi) is 1.68. The smallest absolute Gasteiger partial charge is 0.249 e. The number of rotatable bonds is 2. The van der Waals surface area contributed by atoms with Gasteiger partial charge in [-0.1, -0.05) is 0 Å². The predicted octanol–water partition coefficient (Wildman–Crippen LogP) is 0.254. The Morgan fingerprint density at radius 1 is 1.70 bits per heavy atom. The van der Waals surface area contributed by atoms with Crippen LogP contribution in [0.3, 0.4) is 0 Å². The van der Waals surface area contributed by atoms with Crippen molar-refractivity contribution in [2.24, 2.45) is 0 Å². The van der Waals surface area contributed by atoms with Gasteiger partial charge in [-0.15, -0.1) is 0 Å². The average molecular weight is 143 g/mol. The third-order valence-electron chi connectivity index (χ3n) is 1.74. The van der Waals surface area contributed by atoms with Crippen LogP contribution in [0.4, 0.5) is 0 Å². The molecule has 1 saturated heterocycles. The van der Waals surface area contributed by atoms with Gasteiger partial charge >= 0.3 is 0 Å². The summed E-state index contributed by atoms with van der Waals surface area (Å²) in [6.45, 7) is 5.17. The molecule has 1 rings (SSSR count). The van der Waals surface area contributed by atoms with E-state index in [1.54, 1.807) is 4.90 Å². The number of hydrogen-bond acceptors (Lipinski definition) is 2. The van der Waals surface area contributed by atoms with Gasteiger partial charge in [0, 0.05) is 13.7 Å². The van der Waals surface area contributed by atoms with E-state index in [9.17, 15) is 4.79 Å². The lowest BCUT2D eigenvalue weighted by Crippen LogP contribution is -2.21. The monoisotopic (exact) mass is 143 g/mol. The quantitative estimate of drug-likeness (QED) is 0.519. The molecule has 0 aliphatic carbocycles. The van der Waals surface area contributed by atoms with E-state index in [0.717, 1.165) is 6.54 Å². The van der Waals surface area contributed by atoms with Gasteiger partial charge in [0.25, 0.3) is 0 Å². The molecule has 0 aromatic rings. The molecule has 58 valence electrons. The lowest BCUT2D eigenvalue weighted by molar-refractivity contribution is -0.130. The highest BCUT2D eigenvalue weighted by atomic mass is 16.5. The summed E-state index contributed by atoms with van der Waals surface area (Å²) in [6.07, 6.45) is 0. The first-order chi connectivity index (χ1) is 4.58. The van der Waals surface area contributed by atoms with Crippen LogP contribution in [0.15, 0.2) is 0 Å². The molecule has 1 aliphatic heterocycles. The largest absolute Gasteiger partial charge is 0.375 e. The fraction of sp³-hybridized carbons (Fsp3) is 0.857. The first kappa shape index (κ1) is 7.54. The van der Waals surface area contributed by atoms with E-state index in [0.29, 0.717) is 0 Å². The van der Waals surface area contributed by atoms with Gasteiger partial charge in [0.2, 0.25) is 5.91 Å². The van der Waals surface area contributed by atoms with Crippen molar-refractivity contribution in [1.29, 1.82) is 0 Å². The normalized spacial score (nSPS) is 20.9. The molecule has 0 aromatic heterocycles. The van der Waals surface area contributed by atoms with Crippen molar-refractivity contribution in [3.63, 3.8) is 0 Å². The Labute approximate surface area is 61.0 Å². The Hall–Kier alpha value is -0.570. The maximum Gasteiger partial charge on any atom is 0.249 e. The summed E-state index contributed by atoms with van der Waals surface area (Å²) in [4.78, 5) is 12.8. The van der Waals surface area contributed by atoms with Crippen LogP contribution in [0.5, 0.6) is 0 Å². The number of carbonyl (C=O) groups excluding carboxylic acids is 1. The van der Waals surface area contributed by atoms with Crippen LogP contribution in [0.2, 0.25) is 0 Å². The molecule has 1 heterocycles. The van der Waals surface area contributed by atoms with Crippen molar-refractivity contribution in [3.8, 4) is 0 Å². The lowest BCUT2D eigenvalue weighted by atomic mass is 10.2. The Bertz CT molecular complexity index is 154. The summed E-state index contributed by atoms with van der Waals surface area (Å²) in [5.74, 6) is 0.0903. The fourth-order valence-electron chi connectivity index (χ4n) is 0.979. The van der Waals surface area contributed by atoms with Gasteiger partial charge in [0.15, 0.2) is 0 Å². The van der Waals surface area contributed by atoms with Gasteiger partial charge in [-0.05, 0) is 13.8 Å².